The van der Waals surface area contributed by atoms with Crippen molar-refractivity contribution >= 4 is 40.2 Å². The van der Waals surface area contributed by atoms with Crippen molar-refractivity contribution in [2.45, 2.75) is 13.8 Å². The first kappa shape index (κ1) is 22.2. The monoisotopic (exact) mass is 450 g/mol. The number of aromatic nitrogens is 2. The number of carbonyl (C=O) groups excluding carboxylic acids is 1. The molecule has 4 rings (SSSR count). The van der Waals surface area contributed by atoms with Crippen LogP contribution in [0.3, 0.4) is 0 Å². The zero-order valence-electron chi connectivity index (χ0n) is 18.5. The highest BCUT2D eigenvalue weighted by Crippen LogP contribution is 2.34. The first-order valence-electron chi connectivity index (χ1n) is 10.8. The molecule has 1 fully saturated rings. The van der Waals surface area contributed by atoms with Crippen molar-refractivity contribution in [1.29, 1.82) is 0 Å². The number of benzene rings is 2. The van der Waals surface area contributed by atoms with E-state index in [4.69, 9.17) is 21.3 Å². The molecule has 6 nitrogen and oxygen atoms in total. The van der Waals surface area contributed by atoms with Gasteiger partial charge in [-0.1, -0.05) is 36.4 Å². The molecule has 166 valence electrons. The molecule has 1 aliphatic heterocycles. The third-order valence-corrected chi connectivity index (χ3v) is 6.02. The second-order valence-corrected chi connectivity index (χ2v) is 8.34. The van der Waals surface area contributed by atoms with Gasteiger partial charge >= 0.3 is 5.97 Å². The summed E-state index contributed by atoms with van der Waals surface area (Å²) in [6.45, 7) is 12.0. The Morgan fingerprint density at radius 3 is 2.62 bits per heavy atom. The summed E-state index contributed by atoms with van der Waals surface area (Å²) in [7, 11) is 0. The molecular formula is C25H27ClN4O2. The second-order valence-electron chi connectivity index (χ2n) is 7.94. The Bertz CT molecular complexity index is 1160. The van der Waals surface area contributed by atoms with Crippen LogP contribution in [0.4, 0.5) is 5.69 Å². The van der Waals surface area contributed by atoms with Crippen molar-refractivity contribution in [2.24, 2.45) is 0 Å². The van der Waals surface area contributed by atoms with Crippen LogP contribution in [0.1, 0.15) is 18.3 Å². The average molecular weight is 451 g/mol. The summed E-state index contributed by atoms with van der Waals surface area (Å²) in [5, 5.41) is 1.69. The van der Waals surface area contributed by atoms with Gasteiger partial charge in [0.1, 0.15) is 12.4 Å². The maximum atomic E-state index is 10.9. The van der Waals surface area contributed by atoms with Gasteiger partial charge in [-0.15, -0.1) is 0 Å². The van der Waals surface area contributed by atoms with E-state index >= 15 is 0 Å². The zero-order valence-corrected chi connectivity index (χ0v) is 19.2. The number of fused-ring (bicyclic) bond motifs is 1. The molecule has 0 N–H and O–H groups in total. The van der Waals surface area contributed by atoms with E-state index in [9.17, 15) is 4.79 Å². The fraction of sp³-hybridized carbons (Fsp3) is 0.320. The van der Waals surface area contributed by atoms with Crippen LogP contribution in [-0.2, 0) is 9.53 Å². The number of nitrogens with zero attached hydrogens (tertiary/aromatic N) is 4. The third-order valence-electron chi connectivity index (χ3n) is 5.71. The van der Waals surface area contributed by atoms with E-state index in [0.29, 0.717) is 11.6 Å². The summed E-state index contributed by atoms with van der Waals surface area (Å²) >= 11 is 6.74. The van der Waals surface area contributed by atoms with Crippen LogP contribution in [0.25, 0.3) is 28.2 Å². The normalized spacial score (nSPS) is 14.5. The molecule has 2 aromatic carbocycles. The molecule has 0 aliphatic carbocycles. The van der Waals surface area contributed by atoms with Gasteiger partial charge in [0.25, 0.3) is 0 Å². The van der Waals surface area contributed by atoms with E-state index in [1.165, 1.54) is 6.92 Å². The summed E-state index contributed by atoms with van der Waals surface area (Å²) in [6, 6.07) is 12.2. The van der Waals surface area contributed by atoms with E-state index in [1.54, 1.807) is 0 Å². The van der Waals surface area contributed by atoms with Crippen LogP contribution in [0.15, 0.2) is 43.0 Å². The Balaban J connectivity index is 1.53. The van der Waals surface area contributed by atoms with Crippen LogP contribution in [0.2, 0.25) is 5.02 Å². The second kappa shape index (κ2) is 9.67. The van der Waals surface area contributed by atoms with Crippen molar-refractivity contribution in [1.82, 2.24) is 14.9 Å². The summed E-state index contributed by atoms with van der Waals surface area (Å²) in [5.74, 6) is 0.492. The van der Waals surface area contributed by atoms with Gasteiger partial charge in [0, 0.05) is 50.6 Å². The van der Waals surface area contributed by atoms with Gasteiger partial charge in [0.2, 0.25) is 0 Å². The van der Waals surface area contributed by atoms with Crippen LogP contribution in [0, 0.1) is 6.92 Å². The molecule has 0 spiro atoms. The molecule has 3 aromatic rings. The molecule has 0 unspecified atom stereocenters. The van der Waals surface area contributed by atoms with Gasteiger partial charge in [-0.05, 0) is 36.8 Å². The highest BCUT2D eigenvalue weighted by Gasteiger charge is 2.20. The van der Waals surface area contributed by atoms with Crippen LogP contribution >= 0.6 is 11.6 Å². The lowest BCUT2D eigenvalue weighted by atomic mass is 10.0. The average Bonchev–Trinajstić information content (AvgIpc) is 2.78. The quantitative estimate of drug-likeness (QED) is 0.512. The van der Waals surface area contributed by atoms with Crippen LogP contribution in [-0.4, -0.2) is 60.2 Å². The van der Waals surface area contributed by atoms with Crippen molar-refractivity contribution in [3.63, 3.8) is 0 Å². The lowest BCUT2D eigenvalue weighted by Crippen LogP contribution is -2.47. The fourth-order valence-corrected chi connectivity index (χ4v) is 4.35. The Kier molecular flexibility index (Phi) is 6.72. The summed E-state index contributed by atoms with van der Waals surface area (Å²) < 4.78 is 5.05. The number of hydrogen-bond acceptors (Lipinski definition) is 6. The molecule has 0 bridgehead atoms. The minimum absolute atomic E-state index is 0.233. The fourth-order valence-electron chi connectivity index (χ4n) is 4.05. The van der Waals surface area contributed by atoms with E-state index in [-0.39, 0.29) is 5.97 Å². The van der Waals surface area contributed by atoms with Gasteiger partial charge < -0.3 is 9.64 Å². The Hall–Kier alpha value is -2.96. The molecule has 1 saturated heterocycles. The van der Waals surface area contributed by atoms with E-state index in [0.717, 1.165) is 72.0 Å². The van der Waals surface area contributed by atoms with Crippen molar-refractivity contribution in [3.05, 3.63) is 59.4 Å². The molecule has 0 atom stereocenters. The summed E-state index contributed by atoms with van der Waals surface area (Å²) in [4.78, 5) is 24.8. The lowest BCUT2D eigenvalue weighted by Gasteiger charge is -2.36. The highest BCUT2D eigenvalue weighted by atomic mass is 35.5. The lowest BCUT2D eigenvalue weighted by molar-refractivity contribution is -0.141. The first-order valence-corrected chi connectivity index (χ1v) is 11.1. The first-order chi connectivity index (χ1) is 15.4. The predicted molar refractivity (Wildman–Crippen MR) is 130 cm³/mol. The largest absolute Gasteiger partial charge is 0.465 e. The van der Waals surface area contributed by atoms with E-state index in [1.807, 2.05) is 31.2 Å². The molecule has 7 heteroatoms. The number of carbonyl (C=O) groups is 1. The molecule has 1 aromatic heterocycles. The van der Waals surface area contributed by atoms with Crippen molar-refractivity contribution in [3.8, 4) is 11.3 Å². The minimum atomic E-state index is -0.233. The molecule has 0 amide bonds. The van der Waals surface area contributed by atoms with Gasteiger partial charge in [0.05, 0.1) is 21.9 Å². The molecular weight excluding hydrogens is 424 g/mol. The van der Waals surface area contributed by atoms with Gasteiger partial charge in [0.15, 0.2) is 0 Å². The topological polar surface area (TPSA) is 58.6 Å². The van der Waals surface area contributed by atoms with E-state index < -0.39 is 0 Å². The molecule has 1 aliphatic rings. The predicted octanol–water partition coefficient (Wildman–Crippen LogP) is 4.59. The summed E-state index contributed by atoms with van der Waals surface area (Å²) in [6.07, 6.45) is 1.82. The number of halogens is 1. The number of piperazine rings is 1. The molecule has 2 heterocycles. The number of esters is 1. The van der Waals surface area contributed by atoms with Crippen molar-refractivity contribution < 1.29 is 9.53 Å². The SMILES string of the molecule is C=Cc1ccc2nc(C)nc(-c3ccc(N4CCN(CCOC(C)=O)CC4)c(Cl)c3)c2c1. The van der Waals surface area contributed by atoms with Crippen LogP contribution in [0.5, 0.6) is 0 Å². The minimum Gasteiger partial charge on any atom is -0.465 e. The standard InChI is InChI=1S/C25H27ClN4O2/c1-4-19-5-7-23-21(15-19)25(28-17(2)27-23)20-6-8-24(22(26)16-20)30-11-9-29(10-12-30)13-14-32-18(3)31/h4-8,15-16H,1,9-14H2,2-3H3. The highest BCUT2D eigenvalue weighted by molar-refractivity contribution is 6.33. The number of hydrogen-bond donors (Lipinski definition) is 0. The van der Waals surface area contributed by atoms with Gasteiger partial charge in [-0.25, -0.2) is 9.97 Å². The molecule has 32 heavy (non-hydrogen) atoms. The van der Waals surface area contributed by atoms with Gasteiger partial charge in [-0.2, -0.15) is 0 Å². The number of anilines is 1. The van der Waals surface area contributed by atoms with Gasteiger partial charge in [-0.3, -0.25) is 9.69 Å². The Morgan fingerprint density at radius 1 is 1.16 bits per heavy atom. The molecule has 0 radical (unpaired) electrons. The number of aryl methyl sites for hydroxylation is 1. The Labute approximate surface area is 193 Å². The van der Waals surface area contributed by atoms with Crippen LogP contribution < -0.4 is 4.90 Å². The smallest absolute Gasteiger partial charge is 0.302 e. The maximum absolute atomic E-state index is 10.9. The zero-order chi connectivity index (χ0) is 22.7. The molecule has 0 saturated carbocycles. The third kappa shape index (κ3) is 4.92. The summed E-state index contributed by atoms with van der Waals surface area (Å²) in [5.41, 5.74) is 4.80. The number of rotatable bonds is 6. The Morgan fingerprint density at radius 2 is 1.94 bits per heavy atom. The van der Waals surface area contributed by atoms with E-state index in [2.05, 4.69) is 39.6 Å². The maximum Gasteiger partial charge on any atom is 0.302 e. The number of ether oxygens (including phenoxy) is 1. The van der Waals surface area contributed by atoms with Crippen molar-refractivity contribution in [2.75, 3.05) is 44.2 Å².